The summed E-state index contributed by atoms with van der Waals surface area (Å²) in [7, 11) is 0. The van der Waals surface area contributed by atoms with E-state index < -0.39 is 0 Å². The summed E-state index contributed by atoms with van der Waals surface area (Å²) in [6.45, 7) is 4.85. The molecule has 8 aromatic rings. The van der Waals surface area contributed by atoms with E-state index in [1.807, 2.05) is 11.3 Å². The van der Waals surface area contributed by atoms with Gasteiger partial charge in [0.05, 0.1) is 10.4 Å². The Morgan fingerprint density at radius 3 is 1.79 bits per heavy atom. The fourth-order valence-electron chi connectivity index (χ4n) is 12.3. The van der Waals surface area contributed by atoms with Crippen LogP contribution in [0.5, 0.6) is 0 Å². The third-order valence-electron chi connectivity index (χ3n) is 14.6. The van der Waals surface area contributed by atoms with Gasteiger partial charge in [0, 0.05) is 32.3 Å². The van der Waals surface area contributed by atoms with E-state index in [9.17, 15) is 0 Å². The molecule has 7 aromatic carbocycles. The average Bonchev–Trinajstić information content (AvgIpc) is 3.73. The monoisotopic (exact) mass is 753 g/mol. The van der Waals surface area contributed by atoms with Crippen LogP contribution in [0.3, 0.4) is 0 Å². The van der Waals surface area contributed by atoms with Crippen molar-refractivity contribution in [3.63, 3.8) is 0 Å². The average molecular weight is 754 g/mol. The second-order valence-corrected chi connectivity index (χ2v) is 19.4. The summed E-state index contributed by atoms with van der Waals surface area (Å²) in [6, 6.07) is 59.8. The lowest BCUT2D eigenvalue weighted by Crippen LogP contribution is -2.48. The summed E-state index contributed by atoms with van der Waals surface area (Å²) >= 11 is 1.89. The molecular weight excluding hydrogens is 707 g/mol. The Hall–Kier alpha value is -5.44. The number of anilines is 3. The van der Waals surface area contributed by atoms with Crippen LogP contribution in [0.4, 0.5) is 17.1 Å². The molecule has 0 unspecified atom stereocenters. The van der Waals surface area contributed by atoms with Crippen LogP contribution in [0.15, 0.2) is 158 Å². The van der Waals surface area contributed by atoms with Gasteiger partial charge in [-0.2, -0.15) is 0 Å². The number of nitrogens with zero attached hydrogens (tertiary/aromatic N) is 1. The van der Waals surface area contributed by atoms with Gasteiger partial charge < -0.3 is 4.90 Å². The van der Waals surface area contributed by atoms with E-state index in [0.29, 0.717) is 5.41 Å². The van der Waals surface area contributed by atoms with E-state index in [0.717, 1.165) is 23.4 Å². The van der Waals surface area contributed by atoms with Crippen molar-refractivity contribution in [3.05, 3.63) is 174 Å². The van der Waals surface area contributed by atoms with Gasteiger partial charge in [0.15, 0.2) is 0 Å². The van der Waals surface area contributed by atoms with Crippen LogP contribution in [0.2, 0.25) is 0 Å². The minimum absolute atomic E-state index is 0.151. The van der Waals surface area contributed by atoms with E-state index >= 15 is 0 Å². The molecule has 4 saturated carbocycles. The summed E-state index contributed by atoms with van der Waals surface area (Å²) in [5.74, 6) is 2.90. The van der Waals surface area contributed by atoms with Gasteiger partial charge >= 0.3 is 0 Å². The van der Waals surface area contributed by atoms with Crippen molar-refractivity contribution in [2.45, 2.75) is 63.2 Å². The quantitative estimate of drug-likeness (QED) is 0.163. The van der Waals surface area contributed by atoms with Crippen LogP contribution in [-0.4, -0.2) is 0 Å². The molecule has 5 aliphatic rings. The Morgan fingerprint density at radius 2 is 1.05 bits per heavy atom. The van der Waals surface area contributed by atoms with Crippen molar-refractivity contribution in [3.8, 4) is 33.4 Å². The second-order valence-electron chi connectivity index (χ2n) is 18.4. The van der Waals surface area contributed by atoms with Crippen molar-refractivity contribution in [1.29, 1.82) is 0 Å². The molecule has 5 aliphatic carbocycles. The zero-order chi connectivity index (χ0) is 37.9. The highest BCUT2D eigenvalue weighted by Gasteiger charge is 2.51. The second kappa shape index (κ2) is 12.5. The Kier molecular flexibility index (Phi) is 7.40. The lowest BCUT2D eigenvalue weighted by Gasteiger charge is -2.57. The first-order valence-corrected chi connectivity index (χ1v) is 22.0. The van der Waals surface area contributed by atoms with Crippen molar-refractivity contribution in [2.75, 3.05) is 4.90 Å². The van der Waals surface area contributed by atoms with Gasteiger partial charge in [0.25, 0.3) is 0 Å². The van der Waals surface area contributed by atoms with Gasteiger partial charge in [-0.15, -0.1) is 11.3 Å². The van der Waals surface area contributed by atoms with Gasteiger partial charge in [-0.3, -0.25) is 0 Å². The van der Waals surface area contributed by atoms with Crippen LogP contribution in [0.1, 0.15) is 69.1 Å². The summed E-state index contributed by atoms with van der Waals surface area (Å²) < 4.78 is 2.63. The van der Waals surface area contributed by atoms with Crippen molar-refractivity contribution in [2.24, 2.45) is 17.8 Å². The first-order chi connectivity index (χ1) is 27.9. The SMILES string of the molecule is CC1(C)c2cc(-c3ccc(C45CC6CC(CC(C6)C4)C5)cc3)ccc2-c2ccc(N(c3ccc(-c4ccccc4)cc3)c3cccc4c3sc3ccccc34)cc21. The van der Waals surface area contributed by atoms with E-state index in [4.69, 9.17) is 0 Å². The molecule has 1 aromatic heterocycles. The first kappa shape index (κ1) is 33.7. The molecule has 2 heteroatoms. The summed E-state index contributed by atoms with van der Waals surface area (Å²) in [4.78, 5) is 2.49. The molecule has 1 nitrogen and oxygen atoms in total. The largest absolute Gasteiger partial charge is 0.309 e. The normalized spacial score (nSPS) is 22.5. The van der Waals surface area contributed by atoms with E-state index in [-0.39, 0.29) is 5.41 Å². The summed E-state index contributed by atoms with van der Waals surface area (Å²) in [5, 5.41) is 2.63. The van der Waals surface area contributed by atoms with Crippen LogP contribution in [0, 0.1) is 17.8 Å². The summed E-state index contributed by atoms with van der Waals surface area (Å²) in [5.41, 5.74) is 16.1. The molecule has 0 atom stereocenters. The van der Waals surface area contributed by atoms with Crippen LogP contribution < -0.4 is 4.90 Å². The van der Waals surface area contributed by atoms with Gasteiger partial charge in [0.2, 0.25) is 0 Å². The van der Waals surface area contributed by atoms with E-state index in [2.05, 4.69) is 176 Å². The lowest BCUT2D eigenvalue weighted by atomic mass is 9.48. The Labute approximate surface area is 340 Å². The number of rotatable bonds is 6. The fraction of sp³-hybridized carbons (Fsp3) is 0.236. The topological polar surface area (TPSA) is 3.24 Å². The predicted molar refractivity (Wildman–Crippen MR) is 242 cm³/mol. The van der Waals surface area contributed by atoms with Gasteiger partial charge in [-0.05, 0) is 154 Å². The minimum Gasteiger partial charge on any atom is -0.309 e. The Balaban J connectivity index is 0.927. The molecule has 0 radical (unpaired) electrons. The highest BCUT2D eigenvalue weighted by Crippen LogP contribution is 2.61. The molecule has 4 fully saturated rings. The van der Waals surface area contributed by atoms with Crippen molar-refractivity contribution >= 4 is 48.6 Å². The van der Waals surface area contributed by atoms with E-state index in [1.165, 1.54) is 115 Å². The van der Waals surface area contributed by atoms with Crippen LogP contribution in [-0.2, 0) is 10.8 Å². The molecule has 0 saturated heterocycles. The van der Waals surface area contributed by atoms with E-state index in [1.54, 1.807) is 5.56 Å². The number of benzene rings is 7. The number of thiophene rings is 1. The standard InChI is InChI=1S/C55H47NS/c1-54(2)49-30-41(40-15-20-42(21-16-40)55-32-35-27-36(33-55)29-37(28-35)34-55)19-25-45(49)46-26-24-44(31-50(46)54)56(43-22-17-39(18-23-43)38-9-4-3-5-10-38)51-13-8-12-48-47-11-6-7-14-52(47)57-53(48)51/h3-26,30-31,35-37H,27-29,32-34H2,1-2H3. The Bertz CT molecular complexity index is 2810. The maximum atomic E-state index is 2.50. The van der Waals surface area contributed by atoms with Crippen molar-refractivity contribution in [1.82, 2.24) is 0 Å². The minimum atomic E-state index is -0.151. The number of hydrogen-bond acceptors (Lipinski definition) is 2. The maximum absolute atomic E-state index is 2.50. The predicted octanol–water partition coefficient (Wildman–Crippen LogP) is 15.6. The van der Waals surface area contributed by atoms with Gasteiger partial charge in [-0.1, -0.05) is 129 Å². The van der Waals surface area contributed by atoms with Crippen LogP contribution >= 0.6 is 11.3 Å². The fourth-order valence-corrected chi connectivity index (χ4v) is 13.5. The van der Waals surface area contributed by atoms with Gasteiger partial charge in [0.1, 0.15) is 0 Å². The Morgan fingerprint density at radius 1 is 0.491 bits per heavy atom. The molecule has 1 heterocycles. The maximum Gasteiger partial charge on any atom is 0.0640 e. The molecule has 13 rings (SSSR count). The zero-order valence-electron chi connectivity index (χ0n) is 32.8. The third-order valence-corrected chi connectivity index (χ3v) is 15.9. The van der Waals surface area contributed by atoms with Crippen LogP contribution in [0.25, 0.3) is 53.6 Å². The molecule has 0 N–H and O–H groups in total. The molecule has 0 spiro atoms. The smallest absolute Gasteiger partial charge is 0.0640 e. The van der Waals surface area contributed by atoms with Gasteiger partial charge in [-0.25, -0.2) is 0 Å². The molecule has 4 bridgehead atoms. The highest BCUT2D eigenvalue weighted by atomic mass is 32.1. The third kappa shape index (κ3) is 5.26. The molecule has 278 valence electrons. The summed E-state index contributed by atoms with van der Waals surface area (Å²) in [6.07, 6.45) is 8.74. The lowest BCUT2D eigenvalue weighted by molar-refractivity contribution is -0.00518. The molecule has 57 heavy (non-hydrogen) atoms. The number of hydrogen-bond donors (Lipinski definition) is 0. The number of fused-ring (bicyclic) bond motifs is 6. The zero-order valence-corrected chi connectivity index (χ0v) is 33.7. The molecular formula is C55H47NS. The van der Waals surface area contributed by atoms with Crippen molar-refractivity contribution < 1.29 is 0 Å². The molecule has 0 aliphatic heterocycles. The highest BCUT2D eigenvalue weighted by molar-refractivity contribution is 7.26. The first-order valence-electron chi connectivity index (χ1n) is 21.2. The molecule has 0 amide bonds.